The van der Waals surface area contributed by atoms with Crippen LogP contribution in [0.2, 0.25) is 0 Å². The number of piperidine rings is 1. The normalized spacial score (nSPS) is 18.1. The highest BCUT2D eigenvalue weighted by Gasteiger charge is 2.33. The van der Waals surface area contributed by atoms with E-state index in [2.05, 4.69) is 15.0 Å². The predicted molar refractivity (Wildman–Crippen MR) is 156 cm³/mol. The highest BCUT2D eigenvalue weighted by atomic mass is 32.1. The summed E-state index contributed by atoms with van der Waals surface area (Å²) in [5, 5.41) is 9.62. The number of thiazole rings is 1. The second kappa shape index (κ2) is 13.5. The zero-order valence-electron chi connectivity index (χ0n) is 23.0. The van der Waals surface area contributed by atoms with Crippen molar-refractivity contribution in [2.45, 2.75) is 65.2 Å². The number of aromatic nitrogens is 3. The van der Waals surface area contributed by atoms with Crippen LogP contribution in [0.15, 0.2) is 30.6 Å². The first-order valence-electron chi connectivity index (χ1n) is 13.8. The number of hydrogen-bond donors (Lipinski definition) is 1. The minimum absolute atomic E-state index is 0. The first-order chi connectivity index (χ1) is 20.0. The molecule has 1 N–H and O–H groups in total. The van der Waals surface area contributed by atoms with Gasteiger partial charge in [0.25, 0.3) is 0 Å². The van der Waals surface area contributed by atoms with E-state index in [4.69, 9.17) is 0 Å². The number of Topliss-reactive ketones (excluding diaryl/α,β-unsaturated/α-hetero) is 1. The molecule has 4 heterocycles. The van der Waals surface area contributed by atoms with Crippen molar-refractivity contribution in [3.63, 3.8) is 0 Å². The number of benzene rings is 1. The first kappa shape index (κ1) is 32.5. The quantitative estimate of drug-likeness (QED) is 0.222. The molecule has 5 rings (SSSR count). The van der Waals surface area contributed by atoms with E-state index in [1.165, 1.54) is 36.7 Å². The monoisotopic (exact) mass is 621 g/mol. The van der Waals surface area contributed by atoms with Gasteiger partial charge in [-0.3, -0.25) is 14.5 Å². The molecule has 2 aromatic heterocycles. The average molecular weight is 622 g/mol. The van der Waals surface area contributed by atoms with Gasteiger partial charge in [0, 0.05) is 36.1 Å². The van der Waals surface area contributed by atoms with Gasteiger partial charge in [0.2, 0.25) is 0 Å². The van der Waals surface area contributed by atoms with Gasteiger partial charge in [-0.05, 0) is 50.8 Å². The Morgan fingerprint density at radius 1 is 1.09 bits per heavy atom. The highest BCUT2D eigenvalue weighted by molar-refractivity contribution is 7.12. The van der Waals surface area contributed by atoms with Crippen molar-refractivity contribution >= 4 is 28.9 Å². The van der Waals surface area contributed by atoms with Crippen LogP contribution in [-0.4, -0.2) is 69.1 Å². The summed E-state index contributed by atoms with van der Waals surface area (Å²) in [4.78, 5) is 42.2. The molecular formula is C30H35F4N5O3S. The van der Waals surface area contributed by atoms with Crippen molar-refractivity contribution < 1.29 is 32.3 Å². The second-order valence-corrected chi connectivity index (χ2v) is 12.0. The Balaban J connectivity index is 0.00000423. The Kier molecular flexibility index (Phi) is 10.2. The second-order valence-electron chi connectivity index (χ2n) is 10.8. The van der Waals surface area contributed by atoms with E-state index in [0.29, 0.717) is 72.4 Å². The van der Waals surface area contributed by atoms with Crippen LogP contribution in [0.1, 0.15) is 64.6 Å². The summed E-state index contributed by atoms with van der Waals surface area (Å²) in [6, 6.07) is 3.83. The van der Waals surface area contributed by atoms with Crippen molar-refractivity contribution in [1.29, 1.82) is 0 Å². The molecule has 0 bridgehead atoms. The van der Waals surface area contributed by atoms with Crippen LogP contribution in [-0.2, 0) is 23.9 Å². The van der Waals surface area contributed by atoms with Gasteiger partial charge in [-0.1, -0.05) is 19.6 Å². The first-order valence-corrected chi connectivity index (χ1v) is 14.6. The molecule has 8 nitrogen and oxygen atoms in total. The number of carboxylic acids is 1. The summed E-state index contributed by atoms with van der Waals surface area (Å²) in [5.74, 6) is -0.965. The van der Waals surface area contributed by atoms with E-state index >= 15 is 0 Å². The lowest BCUT2D eigenvalue weighted by Gasteiger charge is -2.30. The predicted octanol–water partition coefficient (Wildman–Crippen LogP) is 6.22. The summed E-state index contributed by atoms with van der Waals surface area (Å²) in [6.45, 7) is 2.96. The molecule has 1 aromatic carbocycles. The van der Waals surface area contributed by atoms with E-state index in [1.807, 2.05) is 9.80 Å². The maximum absolute atomic E-state index is 13.7. The van der Waals surface area contributed by atoms with Crippen molar-refractivity contribution in [3.05, 3.63) is 57.3 Å². The molecule has 0 radical (unpaired) electrons. The summed E-state index contributed by atoms with van der Waals surface area (Å²) in [6.07, 6.45) is 0.780. The number of anilines is 1. The minimum Gasteiger partial charge on any atom is -0.481 e. The van der Waals surface area contributed by atoms with Crippen molar-refractivity contribution in [2.24, 2.45) is 5.92 Å². The lowest BCUT2D eigenvalue weighted by atomic mass is 9.97. The van der Waals surface area contributed by atoms with Gasteiger partial charge in [-0.25, -0.2) is 19.3 Å². The number of carbonyl (C=O) groups is 2. The highest BCUT2D eigenvalue weighted by Crippen LogP contribution is 2.37. The number of carbonyl (C=O) groups excluding carboxylic acids is 1. The maximum Gasteiger partial charge on any atom is 0.416 e. The molecule has 232 valence electrons. The average Bonchev–Trinajstić information content (AvgIpc) is 3.59. The standard InChI is InChI=1S/C29H31F4N5O3S.CH4/c1-17-4-5-19(11-21(17)29(31,32)33)27-24(16-38-8-2-3-20(38)13-30)42-26(36-27)12-23(39)22-14-35-25(15-34-22)37-9-6-18(7-10-37)28(40)41;/h4-5,11,14-15,18,20H,2-3,6-10,12-13,16H2,1H3,(H,40,41);1H4/t20-;/m0./s1. The van der Waals surface area contributed by atoms with Crippen molar-refractivity contribution in [3.8, 4) is 11.3 Å². The Morgan fingerprint density at radius 3 is 2.47 bits per heavy atom. The third kappa shape index (κ3) is 7.38. The SMILES string of the molecule is C.Cc1ccc(-c2nc(CC(=O)c3cnc(N4CCC(C(=O)O)CC4)cn3)sc2CN2CCC[C@H]2CF)cc1C(F)(F)F. The number of likely N-dealkylation sites (tertiary alicyclic amines) is 1. The Hall–Kier alpha value is -3.45. The molecular weight excluding hydrogens is 586 g/mol. The van der Waals surface area contributed by atoms with E-state index < -0.39 is 24.4 Å². The van der Waals surface area contributed by atoms with E-state index in [1.54, 1.807) is 6.07 Å². The number of ketones is 1. The fraction of sp³-hybridized carbons (Fsp3) is 0.500. The smallest absolute Gasteiger partial charge is 0.416 e. The van der Waals surface area contributed by atoms with Crippen LogP contribution in [0.25, 0.3) is 11.3 Å². The molecule has 2 aliphatic rings. The van der Waals surface area contributed by atoms with Crippen molar-refractivity contribution in [1.82, 2.24) is 19.9 Å². The number of alkyl halides is 4. The number of aryl methyl sites for hydroxylation is 1. The number of halogens is 4. The van der Waals surface area contributed by atoms with Crippen LogP contribution in [0.5, 0.6) is 0 Å². The molecule has 2 aliphatic heterocycles. The molecule has 2 fully saturated rings. The van der Waals surface area contributed by atoms with Gasteiger partial charge >= 0.3 is 12.1 Å². The van der Waals surface area contributed by atoms with Crippen LogP contribution in [0.3, 0.4) is 0 Å². The van der Waals surface area contributed by atoms with Gasteiger partial charge < -0.3 is 10.0 Å². The molecule has 0 saturated carbocycles. The van der Waals surface area contributed by atoms with Gasteiger partial charge in [-0.15, -0.1) is 11.3 Å². The van der Waals surface area contributed by atoms with Gasteiger partial charge in [0.1, 0.15) is 23.2 Å². The molecule has 0 spiro atoms. The molecule has 0 amide bonds. The zero-order chi connectivity index (χ0) is 30.0. The molecule has 0 aliphatic carbocycles. The van der Waals surface area contributed by atoms with E-state index in [-0.39, 0.29) is 42.8 Å². The lowest BCUT2D eigenvalue weighted by molar-refractivity contribution is -0.142. The number of carboxylic acid groups (broad SMARTS) is 1. The van der Waals surface area contributed by atoms with Crippen LogP contribution < -0.4 is 4.90 Å². The topological polar surface area (TPSA) is 99.5 Å². The Morgan fingerprint density at radius 2 is 1.84 bits per heavy atom. The van der Waals surface area contributed by atoms with Crippen LogP contribution in [0.4, 0.5) is 23.4 Å². The van der Waals surface area contributed by atoms with Gasteiger partial charge in [0.15, 0.2) is 5.78 Å². The summed E-state index contributed by atoms with van der Waals surface area (Å²) >= 11 is 1.24. The number of nitrogens with zero attached hydrogens (tertiary/aromatic N) is 5. The van der Waals surface area contributed by atoms with Crippen molar-refractivity contribution in [2.75, 3.05) is 31.2 Å². The third-order valence-corrected chi connectivity index (χ3v) is 9.03. The lowest BCUT2D eigenvalue weighted by Crippen LogP contribution is -2.36. The van der Waals surface area contributed by atoms with Gasteiger partial charge in [-0.2, -0.15) is 13.2 Å². The number of aliphatic carboxylic acids is 1. The molecule has 43 heavy (non-hydrogen) atoms. The van der Waals surface area contributed by atoms with Gasteiger partial charge in [0.05, 0.1) is 36.0 Å². The summed E-state index contributed by atoms with van der Waals surface area (Å²) in [5.41, 5.74) is 0.142. The fourth-order valence-electron chi connectivity index (χ4n) is 5.56. The minimum atomic E-state index is -4.53. The summed E-state index contributed by atoms with van der Waals surface area (Å²) in [7, 11) is 0. The largest absolute Gasteiger partial charge is 0.481 e. The van der Waals surface area contributed by atoms with Crippen LogP contribution >= 0.6 is 11.3 Å². The van der Waals surface area contributed by atoms with Crippen LogP contribution in [0, 0.1) is 12.8 Å². The molecule has 3 aromatic rings. The third-order valence-electron chi connectivity index (χ3n) is 7.99. The number of hydrogen-bond acceptors (Lipinski definition) is 8. The molecule has 0 unspecified atom stereocenters. The van der Waals surface area contributed by atoms with E-state index in [9.17, 15) is 32.3 Å². The Labute approximate surface area is 251 Å². The molecule has 1 atom stereocenters. The maximum atomic E-state index is 13.7. The molecule has 2 saturated heterocycles. The summed E-state index contributed by atoms with van der Waals surface area (Å²) < 4.78 is 54.6. The Bertz CT molecular complexity index is 1440. The zero-order valence-corrected chi connectivity index (χ0v) is 23.8. The van der Waals surface area contributed by atoms with E-state index in [0.717, 1.165) is 12.5 Å². The fourth-order valence-corrected chi connectivity index (χ4v) is 6.67. The molecule has 13 heteroatoms. The number of rotatable bonds is 9.